The molecule has 0 radical (unpaired) electrons. The van der Waals surface area contributed by atoms with Gasteiger partial charge in [0.05, 0.1) is 17.3 Å². The van der Waals surface area contributed by atoms with Crippen LogP contribution in [0.25, 0.3) is 5.52 Å². The van der Waals surface area contributed by atoms with Crippen molar-refractivity contribution in [3.63, 3.8) is 0 Å². The van der Waals surface area contributed by atoms with Crippen LogP contribution in [0.15, 0.2) is 24.5 Å². The third-order valence-electron chi connectivity index (χ3n) is 4.38. The first-order chi connectivity index (χ1) is 10.2. The second-order valence-electron chi connectivity index (χ2n) is 5.80. The molecule has 5 nitrogen and oxygen atoms in total. The zero-order chi connectivity index (χ0) is 14.8. The van der Waals surface area contributed by atoms with Gasteiger partial charge >= 0.3 is 5.97 Å². The van der Waals surface area contributed by atoms with Gasteiger partial charge in [0, 0.05) is 19.2 Å². The van der Waals surface area contributed by atoms with E-state index in [1.54, 1.807) is 18.3 Å². The summed E-state index contributed by atoms with van der Waals surface area (Å²) in [5.41, 5.74) is 1.16. The molecule has 21 heavy (non-hydrogen) atoms. The van der Waals surface area contributed by atoms with E-state index in [4.69, 9.17) is 5.11 Å². The number of imidazole rings is 1. The van der Waals surface area contributed by atoms with Crippen LogP contribution in [-0.4, -0.2) is 45.0 Å². The molecule has 2 aromatic heterocycles. The maximum absolute atomic E-state index is 11.0. The summed E-state index contributed by atoms with van der Waals surface area (Å²) in [5, 5.41) is 9.03. The molecule has 0 aromatic carbocycles. The maximum Gasteiger partial charge on any atom is 0.335 e. The lowest BCUT2D eigenvalue weighted by molar-refractivity contribution is 0.0697. The van der Waals surface area contributed by atoms with Crippen LogP contribution in [0, 0.1) is 5.92 Å². The number of piperidine rings is 1. The molecule has 3 heterocycles. The lowest BCUT2D eigenvalue weighted by Crippen LogP contribution is -2.36. The molecule has 1 atom stereocenters. The second kappa shape index (κ2) is 5.85. The third kappa shape index (κ3) is 2.93. The lowest BCUT2D eigenvalue weighted by Gasteiger charge is -2.31. The van der Waals surface area contributed by atoms with Crippen LogP contribution in [0.5, 0.6) is 0 Å². The molecular formula is C16H21N3O2. The largest absolute Gasteiger partial charge is 0.478 e. The van der Waals surface area contributed by atoms with Crippen LogP contribution in [0.1, 0.15) is 35.9 Å². The summed E-state index contributed by atoms with van der Waals surface area (Å²) in [7, 11) is 0. The Morgan fingerprint density at radius 2 is 2.38 bits per heavy atom. The van der Waals surface area contributed by atoms with Crippen LogP contribution in [0.3, 0.4) is 0 Å². The number of rotatable bonds is 4. The fraction of sp³-hybridized carbons (Fsp3) is 0.500. The normalized spacial score (nSPS) is 20.0. The fourth-order valence-corrected chi connectivity index (χ4v) is 3.20. The van der Waals surface area contributed by atoms with E-state index in [1.165, 1.54) is 19.4 Å². The highest BCUT2D eigenvalue weighted by molar-refractivity contribution is 5.88. The van der Waals surface area contributed by atoms with Gasteiger partial charge in [0.25, 0.3) is 0 Å². The van der Waals surface area contributed by atoms with Gasteiger partial charge in [-0.15, -0.1) is 0 Å². The summed E-state index contributed by atoms with van der Waals surface area (Å²) in [5.74, 6) is 0.777. The van der Waals surface area contributed by atoms with Crippen molar-refractivity contribution in [2.45, 2.75) is 26.2 Å². The molecule has 1 N–H and O–H groups in total. The number of hydrogen-bond acceptors (Lipinski definition) is 3. The monoisotopic (exact) mass is 287 g/mol. The van der Waals surface area contributed by atoms with Crippen molar-refractivity contribution in [2.24, 2.45) is 5.92 Å². The van der Waals surface area contributed by atoms with Gasteiger partial charge in [-0.2, -0.15) is 0 Å². The van der Waals surface area contributed by atoms with Gasteiger partial charge in [-0.3, -0.25) is 0 Å². The van der Waals surface area contributed by atoms with Crippen LogP contribution < -0.4 is 0 Å². The quantitative estimate of drug-likeness (QED) is 0.937. The molecule has 1 fully saturated rings. The van der Waals surface area contributed by atoms with Crippen LogP contribution >= 0.6 is 0 Å². The van der Waals surface area contributed by atoms with Gasteiger partial charge in [0.1, 0.15) is 5.82 Å². The van der Waals surface area contributed by atoms with Gasteiger partial charge in [0.2, 0.25) is 0 Å². The summed E-state index contributed by atoms with van der Waals surface area (Å²) in [6, 6.07) is 3.32. The Morgan fingerprint density at radius 1 is 1.52 bits per heavy atom. The first-order valence-electron chi connectivity index (χ1n) is 7.59. The Kier molecular flexibility index (Phi) is 3.92. The van der Waals surface area contributed by atoms with Crippen molar-refractivity contribution in [3.8, 4) is 0 Å². The predicted octanol–water partition coefficient (Wildman–Crippen LogP) is 2.31. The van der Waals surface area contributed by atoms with Crippen molar-refractivity contribution in [3.05, 3.63) is 35.9 Å². The number of likely N-dealkylation sites (tertiary alicyclic amines) is 1. The van der Waals surface area contributed by atoms with Gasteiger partial charge in [-0.25, -0.2) is 9.78 Å². The molecule has 1 unspecified atom stereocenters. The van der Waals surface area contributed by atoms with Crippen molar-refractivity contribution in [1.82, 2.24) is 14.3 Å². The summed E-state index contributed by atoms with van der Waals surface area (Å²) < 4.78 is 2.01. The fourth-order valence-electron chi connectivity index (χ4n) is 3.20. The molecule has 5 heteroatoms. The molecule has 1 saturated heterocycles. The number of pyridine rings is 1. The Morgan fingerprint density at radius 3 is 3.14 bits per heavy atom. The average molecular weight is 287 g/mol. The van der Waals surface area contributed by atoms with E-state index >= 15 is 0 Å². The average Bonchev–Trinajstić information content (AvgIpc) is 2.90. The van der Waals surface area contributed by atoms with Gasteiger partial charge in [0.15, 0.2) is 0 Å². The summed E-state index contributed by atoms with van der Waals surface area (Å²) in [4.78, 5) is 18.0. The van der Waals surface area contributed by atoms with Gasteiger partial charge in [-0.05, 0) is 44.0 Å². The van der Waals surface area contributed by atoms with E-state index in [1.807, 2.05) is 10.6 Å². The molecule has 112 valence electrons. The van der Waals surface area contributed by atoms with Crippen LogP contribution in [-0.2, 0) is 6.42 Å². The minimum absolute atomic E-state index is 0.309. The van der Waals surface area contributed by atoms with Crippen LogP contribution in [0.2, 0.25) is 0 Å². The topological polar surface area (TPSA) is 57.8 Å². The highest BCUT2D eigenvalue weighted by atomic mass is 16.4. The Hall–Kier alpha value is -1.88. The highest BCUT2D eigenvalue weighted by Crippen LogP contribution is 2.21. The van der Waals surface area contributed by atoms with Crippen molar-refractivity contribution < 1.29 is 9.90 Å². The molecule has 0 saturated carbocycles. The van der Waals surface area contributed by atoms with Crippen molar-refractivity contribution >= 4 is 11.5 Å². The Bertz CT molecular complexity index is 650. The summed E-state index contributed by atoms with van der Waals surface area (Å²) >= 11 is 0. The van der Waals surface area contributed by atoms with E-state index in [0.717, 1.165) is 30.9 Å². The Labute approximate surface area is 124 Å². The first-order valence-corrected chi connectivity index (χ1v) is 7.59. The van der Waals surface area contributed by atoms with Crippen LogP contribution in [0.4, 0.5) is 0 Å². The molecule has 0 aliphatic carbocycles. The predicted molar refractivity (Wildman–Crippen MR) is 80.7 cm³/mol. The SMILES string of the molecule is CCN1CCCC(Cc2ncc3cc(C(=O)O)ccn23)C1. The summed E-state index contributed by atoms with van der Waals surface area (Å²) in [6.45, 7) is 5.66. The second-order valence-corrected chi connectivity index (χ2v) is 5.80. The third-order valence-corrected chi connectivity index (χ3v) is 4.38. The minimum atomic E-state index is -0.897. The Balaban J connectivity index is 1.79. The van der Waals surface area contributed by atoms with E-state index in [9.17, 15) is 4.79 Å². The van der Waals surface area contributed by atoms with Crippen molar-refractivity contribution in [1.29, 1.82) is 0 Å². The minimum Gasteiger partial charge on any atom is -0.478 e. The van der Waals surface area contributed by atoms with Crippen molar-refractivity contribution in [2.75, 3.05) is 19.6 Å². The van der Waals surface area contributed by atoms with Gasteiger partial charge in [-0.1, -0.05) is 6.92 Å². The summed E-state index contributed by atoms with van der Waals surface area (Å²) in [6.07, 6.45) is 7.05. The van der Waals surface area contributed by atoms with Gasteiger partial charge < -0.3 is 14.4 Å². The highest BCUT2D eigenvalue weighted by Gasteiger charge is 2.20. The molecule has 0 amide bonds. The maximum atomic E-state index is 11.0. The number of carbonyl (C=O) groups is 1. The van der Waals surface area contributed by atoms with E-state index in [0.29, 0.717) is 11.5 Å². The number of nitrogens with zero attached hydrogens (tertiary/aromatic N) is 3. The molecule has 1 aliphatic heterocycles. The molecule has 1 aliphatic rings. The zero-order valence-electron chi connectivity index (χ0n) is 12.3. The zero-order valence-corrected chi connectivity index (χ0v) is 12.3. The van der Waals surface area contributed by atoms with E-state index < -0.39 is 5.97 Å². The van der Waals surface area contributed by atoms with E-state index in [2.05, 4.69) is 16.8 Å². The smallest absolute Gasteiger partial charge is 0.335 e. The van der Waals surface area contributed by atoms with E-state index in [-0.39, 0.29) is 0 Å². The number of carboxylic acids is 1. The number of fused-ring (bicyclic) bond motifs is 1. The molecule has 0 bridgehead atoms. The first kappa shape index (κ1) is 14.1. The molecule has 0 spiro atoms. The number of hydrogen-bond donors (Lipinski definition) is 1. The molecule has 2 aromatic rings. The molecular weight excluding hydrogens is 266 g/mol. The molecule has 3 rings (SSSR count). The number of aromatic nitrogens is 2. The standard InChI is InChI=1S/C16H21N3O2/c1-2-18-6-3-4-12(11-18)8-15-17-10-14-9-13(16(20)21)5-7-19(14)15/h5,7,9-10,12H,2-4,6,8,11H2,1H3,(H,20,21). The lowest BCUT2D eigenvalue weighted by atomic mass is 9.94. The number of carboxylic acid groups (broad SMARTS) is 1. The number of aromatic carboxylic acids is 1.